The number of carbonyl (C=O) groups is 2. The Balaban J connectivity index is 1.90. The third kappa shape index (κ3) is 3.99. The van der Waals surface area contributed by atoms with Gasteiger partial charge in [-0.15, -0.1) is 0 Å². The number of fused-ring (bicyclic) bond motifs is 1. The summed E-state index contributed by atoms with van der Waals surface area (Å²) in [5, 5.41) is 2.99. The zero-order valence-electron chi connectivity index (χ0n) is 13.2. The van der Waals surface area contributed by atoms with Crippen molar-refractivity contribution in [3.63, 3.8) is 0 Å². The Morgan fingerprint density at radius 1 is 1.19 bits per heavy atom. The summed E-state index contributed by atoms with van der Waals surface area (Å²) in [4.78, 5) is 23.1. The van der Waals surface area contributed by atoms with Gasteiger partial charge in [-0.25, -0.2) is 9.59 Å². The van der Waals surface area contributed by atoms with E-state index in [1.807, 2.05) is 26.8 Å². The second-order valence-corrected chi connectivity index (χ2v) is 6.94. The van der Waals surface area contributed by atoms with Crippen LogP contribution in [-0.4, -0.2) is 30.8 Å². The monoisotopic (exact) mass is 295 g/mol. The van der Waals surface area contributed by atoms with Gasteiger partial charge in [0.05, 0.1) is 7.11 Å². The number of hydrogen-bond acceptors (Lipinski definition) is 4. The molecule has 118 valence electrons. The SMILES string of the molecule is COC(=O)/C=C/[C@H]1CC(NC(=O)OC(C)(C)C)C2CCC21. The lowest BCUT2D eigenvalue weighted by atomic mass is 9.72. The van der Waals surface area contributed by atoms with Crippen LogP contribution in [0.1, 0.15) is 40.0 Å². The normalized spacial score (nSPS) is 31.4. The average Bonchev–Trinajstić information content (AvgIpc) is 2.53. The van der Waals surface area contributed by atoms with Gasteiger partial charge in [0.15, 0.2) is 0 Å². The van der Waals surface area contributed by atoms with Crippen molar-refractivity contribution in [1.82, 2.24) is 5.32 Å². The van der Waals surface area contributed by atoms with E-state index < -0.39 is 5.60 Å². The Labute approximate surface area is 126 Å². The molecular weight excluding hydrogens is 270 g/mol. The minimum absolute atomic E-state index is 0.144. The summed E-state index contributed by atoms with van der Waals surface area (Å²) in [5.41, 5.74) is -0.480. The van der Waals surface area contributed by atoms with E-state index in [0.29, 0.717) is 17.8 Å². The van der Waals surface area contributed by atoms with Gasteiger partial charge in [0.1, 0.15) is 5.60 Å². The summed E-state index contributed by atoms with van der Waals surface area (Å²) in [6.07, 6.45) is 6.23. The van der Waals surface area contributed by atoms with Gasteiger partial charge in [0, 0.05) is 12.1 Å². The zero-order valence-corrected chi connectivity index (χ0v) is 13.2. The molecule has 0 heterocycles. The quantitative estimate of drug-likeness (QED) is 0.642. The number of hydrogen-bond donors (Lipinski definition) is 1. The summed E-state index contributed by atoms with van der Waals surface area (Å²) in [6, 6.07) is 0.144. The van der Waals surface area contributed by atoms with Crippen molar-refractivity contribution in [3.05, 3.63) is 12.2 Å². The molecule has 21 heavy (non-hydrogen) atoms. The first-order valence-corrected chi connectivity index (χ1v) is 7.56. The lowest BCUT2D eigenvalue weighted by Gasteiger charge is -2.36. The van der Waals surface area contributed by atoms with Crippen molar-refractivity contribution in [2.24, 2.45) is 17.8 Å². The second-order valence-electron chi connectivity index (χ2n) is 6.94. The fraction of sp³-hybridized carbons (Fsp3) is 0.750. The maximum Gasteiger partial charge on any atom is 0.407 e. The minimum atomic E-state index is -0.480. The van der Waals surface area contributed by atoms with Crippen LogP contribution in [-0.2, 0) is 14.3 Å². The van der Waals surface area contributed by atoms with Gasteiger partial charge in [0.2, 0.25) is 0 Å². The molecule has 4 atom stereocenters. The molecule has 0 saturated heterocycles. The largest absolute Gasteiger partial charge is 0.466 e. The highest BCUT2D eigenvalue weighted by molar-refractivity contribution is 5.81. The van der Waals surface area contributed by atoms with Gasteiger partial charge in [-0.3, -0.25) is 0 Å². The lowest BCUT2D eigenvalue weighted by Crippen LogP contribution is -2.43. The first-order valence-electron chi connectivity index (χ1n) is 7.56. The third-order valence-electron chi connectivity index (χ3n) is 4.36. The first kappa shape index (κ1) is 15.9. The van der Waals surface area contributed by atoms with Crippen LogP contribution >= 0.6 is 0 Å². The van der Waals surface area contributed by atoms with Gasteiger partial charge < -0.3 is 14.8 Å². The van der Waals surface area contributed by atoms with Gasteiger partial charge in [-0.05, 0) is 57.8 Å². The van der Waals surface area contributed by atoms with E-state index in [1.54, 1.807) is 0 Å². The van der Waals surface area contributed by atoms with Crippen LogP contribution in [0.25, 0.3) is 0 Å². The predicted molar refractivity (Wildman–Crippen MR) is 78.6 cm³/mol. The highest BCUT2D eigenvalue weighted by Gasteiger charge is 2.48. The van der Waals surface area contributed by atoms with E-state index in [0.717, 1.165) is 19.3 Å². The highest BCUT2D eigenvalue weighted by atomic mass is 16.6. The Morgan fingerprint density at radius 2 is 1.86 bits per heavy atom. The Morgan fingerprint density at radius 3 is 2.38 bits per heavy atom. The molecule has 2 rings (SSSR count). The molecule has 0 aromatic carbocycles. The number of alkyl carbamates (subject to hydrolysis) is 1. The average molecular weight is 295 g/mol. The summed E-state index contributed by atoms with van der Waals surface area (Å²) in [7, 11) is 1.38. The van der Waals surface area contributed by atoms with E-state index in [1.165, 1.54) is 13.2 Å². The molecule has 0 aromatic heterocycles. The summed E-state index contributed by atoms with van der Waals surface area (Å²) in [6.45, 7) is 5.57. The molecule has 0 bridgehead atoms. The van der Waals surface area contributed by atoms with E-state index in [2.05, 4.69) is 10.1 Å². The Kier molecular flexibility index (Phi) is 4.59. The van der Waals surface area contributed by atoms with Crippen LogP contribution in [0.15, 0.2) is 12.2 Å². The number of methoxy groups -OCH3 is 1. The number of esters is 1. The molecule has 2 saturated carbocycles. The van der Waals surface area contributed by atoms with E-state index in [9.17, 15) is 9.59 Å². The number of rotatable bonds is 3. The molecule has 0 spiro atoms. The van der Waals surface area contributed by atoms with Gasteiger partial charge in [-0.2, -0.15) is 0 Å². The van der Waals surface area contributed by atoms with Crippen LogP contribution in [0.4, 0.5) is 4.79 Å². The molecule has 5 nitrogen and oxygen atoms in total. The highest BCUT2D eigenvalue weighted by Crippen LogP contribution is 2.51. The van der Waals surface area contributed by atoms with Crippen LogP contribution in [0.2, 0.25) is 0 Å². The molecule has 1 amide bonds. The van der Waals surface area contributed by atoms with Crippen molar-refractivity contribution in [1.29, 1.82) is 0 Å². The molecule has 0 aromatic rings. The minimum Gasteiger partial charge on any atom is -0.466 e. The van der Waals surface area contributed by atoms with Crippen molar-refractivity contribution >= 4 is 12.1 Å². The van der Waals surface area contributed by atoms with Gasteiger partial charge in [-0.1, -0.05) is 6.08 Å². The zero-order chi connectivity index (χ0) is 15.6. The maximum atomic E-state index is 11.9. The van der Waals surface area contributed by atoms with Crippen molar-refractivity contribution in [2.75, 3.05) is 7.11 Å². The molecule has 5 heteroatoms. The molecule has 2 aliphatic rings. The summed E-state index contributed by atoms with van der Waals surface area (Å²) in [5.74, 6) is 1.08. The van der Waals surface area contributed by atoms with Crippen molar-refractivity contribution in [3.8, 4) is 0 Å². The molecule has 2 aliphatic carbocycles. The van der Waals surface area contributed by atoms with Crippen molar-refractivity contribution < 1.29 is 19.1 Å². The smallest absolute Gasteiger partial charge is 0.407 e. The third-order valence-corrected chi connectivity index (χ3v) is 4.36. The maximum absolute atomic E-state index is 11.9. The number of carbonyl (C=O) groups excluding carboxylic acids is 2. The Bertz CT molecular complexity index is 438. The first-order chi connectivity index (χ1) is 9.80. The number of ether oxygens (including phenoxy) is 2. The molecular formula is C16H25NO4. The molecule has 3 unspecified atom stereocenters. The molecule has 0 radical (unpaired) electrons. The number of allylic oxidation sites excluding steroid dienone is 1. The summed E-state index contributed by atoms with van der Waals surface area (Å²) >= 11 is 0. The lowest BCUT2D eigenvalue weighted by molar-refractivity contribution is -0.134. The van der Waals surface area contributed by atoms with Gasteiger partial charge >= 0.3 is 12.1 Å². The molecule has 0 aliphatic heterocycles. The number of nitrogens with one attached hydrogen (secondary N) is 1. The fourth-order valence-corrected chi connectivity index (χ4v) is 3.34. The van der Waals surface area contributed by atoms with Crippen LogP contribution in [0.5, 0.6) is 0 Å². The predicted octanol–water partition coefficient (Wildman–Crippen LogP) is 2.66. The van der Waals surface area contributed by atoms with Crippen LogP contribution < -0.4 is 5.32 Å². The van der Waals surface area contributed by atoms with Crippen LogP contribution in [0, 0.1) is 17.8 Å². The van der Waals surface area contributed by atoms with Gasteiger partial charge in [0.25, 0.3) is 0 Å². The topological polar surface area (TPSA) is 64.6 Å². The van der Waals surface area contributed by atoms with E-state index in [-0.39, 0.29) is 18.1 Å². The van der Waals surface area contributed by atoms with Crippen LogP contribution in [0.3, 0.4) is 0 Å². The van der Waals surface area contributed by atoms with E-state index >= 15 is 0 Å². The standard InChI is InChI=1S/C16H25NO4/c1-16(2,3)21-15(19)17-13-9-10(5-8-14(18)20-4)11-6-7-12(11)13/h5,8,10-13H,6-7,9H2,1-4H3,(H,17,19)/b8-5+/t10-,11?,12?,13?/m0/s1. The molecule has 2 fully saturated rings. The molecule has 1 N–H and O–H groups in total. The second kappa shape index (κ2) is 6.08. The summed E-state index contributed by atoms with van der Waals surface area (Å²) < 4.78 is 9.94. The fourth-order valence-electron chi connectivity index (χ4n) is 3.34. The van der Waals surface area contributed by atoms with E-state index in [4.69, 9.17) is 4.74 Å². The van der Waals surface area contributed by atoms with Crippen molar-refractivity contribution in [2.45, 2.75) is 51.7 Å². The Hall–Kier alpha value is -1.52. The number of amides is 1.